The average Bonchev–Trinajstić information content (AvgIpc) is 2.96. The molecule has 2 aromatic carbocycles. The third kappa shape index (κ3) is 7.50. The molecule has 10 heteroatoms. The Bertz CT molecular complexity index is 1190. The van der Waals surface area contributed by atoms with Crippen LogP contribution in [-0.4, -0.2) is 80.3 Å². The first-order valence-electron chi connectivity index (χ1n) is 12.7. The van der Waals surface area contributed by atoms with Gasteiger partial charge in [-0.15, -0.1) is 0 Å². The molecular formula is C28H34N6O4. The normalized spacial score (nSPS) is 13.3. The van der Waals surface area contributed by atoms with Gasteiger partial charge in [0.2, 0.25) is 17.8 Å². The number of nitrogens with zero attached hydrogens (tertiary/aromatic N) is 4. The second-order valence-electron chi connectivity index (χ2n) is 8.92. The fourth-order valence-corrected chi connectivity index (χ4v) is 4.17. The Morgan fingerprint density at radius 3 is 2.18 bits per heavy atom. The number of anilines is 4. The number of aromatic nitrogens is 2. The van der Waals surface area contributed by atoms with Crippen LogP contribution >= 0.6 is 0 Å². The minimum Gasteiger partial charge on any atom is -0.384 e. The van der Waals surface area contributed by atoms with E-state index in [1.54, 1.807) is 20.4 Å². The van der Waals surface area contributed by atoms with Gasteiger partial charge in [0, 0.05) is 69.2 Å². The number of hydrogen-bond donors (Lipinski definition) is 2. The number of methoxy groups -OCH3 is 2. The highest BCUT2D eigenvalue weighted by molar-refractivity contribution is 5.91. The predicted molar refractivity (Wildman–Crippen MR) is 148 cm³/mol. The first kappa shape index (κ1) is 27.0. The molecule has 200 valence electrons. The van der Waals surface area contributed by atoms with Crippen molar-refractivity contribution < 1.29 is 19.1 Å². The number of benzene rings is 2. The van der Waals surface area contributed by atoms with Gasteiger partial charge in [0.15, 0.2) is 0 Å². The summed E-state index contributed by atoms with van der Waals surface area (Å²) in [4.78, 5) is 37.3. The molecule has 1 saturated heterocycles. The average molecular weight is 519 g/mol. The maximum Gasteiger partial charge on any atom is 0.227 e. The highest BCUT2D eigenvalue weighted by Gasteiger charge is 2.21. The summed E-state index contributed by atoms with van der Waals surface area (Å²) in [5.74, 6) is 0.554. The third-order valence-electron chi connectivity index (χ3n) is 6.29. The van der Waals surface area contributed by atoms with Crippen LogP contribution in [0.4, 0.5) is 23.0 Å². The van der Waals surface area contributed by atoms with E-state index in [-0.39, 0.29) is 11.8 Å². The molecule has 0 spiro atoms. The second-order valence-corrected chi connectivity index (χ2v) is 8.92. The summed E-state index contributed by atoms with van der Waals surface area (Å²) >= 11 is 0. The van der Waals surface area contributed by atoms with Crippen LogP contribution in [0.5, 0.6) is 0 Å². The second kappa shape index (κ2) is 13.5. The number of ether oxygens (including phenoxy) is 2. The van der Waals surface area contributed by atoms with Crippen molar-refractivity contribution >= 4 is 34.8 Å². The topological polar surface area (TPSA) is 109 Å². The Hall–Kier alpha value is -4.02. The van der Waals surface area contributed by atoms with Crippen LogP contribution in [0.3, 0.4) is 0 Å². The predicted octanol–water partition coefficient (Wildman–Crippen LogP) is 3.55. The molecular weight excluding hydrogens is 484 g/mol. The van der Waals surface area contributed by atoms with Crippen LogP contribution in [0.25, 0.3) is 11.3 Å². The van der Waals surface area contributed by atoms with E-state index in [1.165, 1.54) is 0 Å². The number of nitrogens with one attached hydrogen (secondary N) is 2. The molecule has 4 rings (SSSR count). The van der Waals surface area contributed by atoms with Gasteiger partial charge in [0.25, 0.3) is 0 Å². The smallest absolute Gasteiger partial charge is 0.227 e. The summed E-state index contributed by atoms with van der Waals surface area (Å²) in [5, 5.41) is 6.12. The lowest BCUT2D eigenvalue weighted by Crippen LogP contribution is -2.49. The largest absolute Gasteiger partial charge is 0.384 e. The summed E-state index contributed by atoms with van der Waals surface area (Å²) in [6, 6.07) is 17.5. The monoisotopic (exact) mass is 518 g/mol. The van der Waals surface area contributed by atoms with Crippen LogP contribution in [0.15, 0.2) is 60.8 Å². The molecule has 1 fully saturated rings. The third-order valence-corrected chi connectivity index (χ3v) is 6.29. The highest BCUT2D eigenvalue weighted by Crippen LogP contribution is 2.24. The van der Waals surface area contributed by atoms with Gasteiger partial charge in [-0.2, -0.15) is 0 Å². The zero-order valence-corrected chi connectivity index (χ0v) is 21.9. The quantitative estimate of drug-likeness (QED) is 0.397. The van der Waals surface area contributed by atoms with Gasteiger partial charge in [-0.1, -0.05) is 12.1 Å². The molecule has 1 aromatic heterocycles. The van der Waals surface area contributed by atoms with Crippen LogP contribution in [0.1, 0.15) is 12.8 Å². The van der Waals surface area contributed by atoms with Crippen LogP contribution < -0.4 is 15.5 Å². The van der Waals surface area contributed by atoms with Crippen molar-refractivity contribution in [3.05, 3.63) is 60.8 Å². The molecule has 0 unspecified atom stereocenters. The van der Waals surface area contributed by atoms with Crippen molar-refractivity contribution in [2.24, 2.45) is 0 Å². The lowest BCUT2D eigenvalue weighted by atomic mass is 10.1. The first-order chi connectivity index (χ1) is 18.6. The highest BCUT2D eigenvalue weighted by atomic mass is 16.5. The van der Waals surface area contributed by atoms with E-state index in [0.29, 0.717) is 45.1 Å². The standard InChI is InChI=1S/C28H34N6O4/c1-37-19-12-26(35)30-22-5-3-21(4-6-22)25-11-14-29-28(32-25)31-23-7-9-24(10-8-23)33-15-17-34(18-16-33)27(36)13-20-38-2/h3-11,14H,12-13,15-20H2,1-2H3,(H,30,35)(H,29,31,32). The number of amides is 2. The summed E-state index contributed by atoms with van der Waals surface area (Å²) in [5.41, 5.74) is 4.41. The van der Waals surface area contributed by atoms with Gasteiger partial charge in [-0.3, -0.25) is 9.59 Å². The van der Waals surface area contributed by atoms with Crippen molar-refractivity contribution in [1.82, 2.24) is 14.9 Å². The van der Waals surface area contributed by atoms with Crippen LogP contribution in [0, 0.1) is 0 Å². The maximum atomic E-state index is 12.2. The van der Waals surface area contributed by atoms with Crippen molar-refractivity contribution in [3.63, 3.8) is 0 Å². The number of carbonyl (C=O) groups excluding carboxylic acids is 2. The SMILES string of the molecule is COCCC(=O)Nc1ccc(-c2ccnc(Nc3ccc(N4CCN(C(=O)CCOC)CC4)cc3)n2)cc1. The minimum atomic E-state index is -0.0885. The van der Waals surface area contributed by atoms with Crippen molar-refractivity contribution in [3.8, 4) is 11.3 Å². The van der Waals surface area contributed by atoms with Crippen molar-refractivity contribution in [2.45, 2.75) is 12.8 Å². The lowest BCUT2D eigenvalue weighted by molar-refractivity contribution is -0.132. The zero-order chi connectivity index (χ0) is 26.7. The molecule has 2 heterocycles. The number of hydrogen-bond acceptors (Lipinski definition) is 8. The molecule has 10 nitrogen and oxygen atoms in total. The maximum absolute atomic E-state index is 12.2. The van der Waals surface area contributed by atoms with Crippen molar-refractivity contribution in [1.29, 1.82) is 0 Å². The molecule has 0 bridgehead atoms. The molecule has 0 atom stereocenters. The van der Waals surface area contributed by atoms with E-state index in [4.69, 9.17) is 9.47 Å². The fraction of sp³-hybridized carbons (Fsp3) is 0.357. The van der Waals surface area contributed by atoms with Crippen LogP contribution in [-0.2, 0) is 19.1 Å². The van der Waals surface area contributed by atoms with Gasteiger partial charge in [-0.25, -0.2) is 9.97 Å². The van der Waals surface area contributed by atoms with Gasteiger partial charge < -0.3 is 29.9 Å². The summed E-state index contributed by atoms with van der Waals surface area (Å²) in [6.07, 6.45) is 2.46. The Balaban J connectivity index is 1.32. The number of piperazine rings is 1. The Morgan fingerprint density at radius 1 is 0.842 bits per heavy atom. The fourth-order valence-electron chi connectivity index (χ4n) is 4.17. The molecule has 2 N–H and O–H groups in total. The molecule has 38 heavy (non-hydrogen) atoms. The number of rotatable bonds is 11. The molecule has 2 amide bonds. The Labute approximate surface area is 223 Å². The minimum absolute atomic E-state index is 0.0885. The van der Waals surface area contributed by atoms with E-state index in [9.17, 15) is 9.59 Å². The summed E-state index contributed by atoms with van der Waals surface area (Å²) < 4.78 is 9.95. The van der Waals surface area contributed by atoms with Gasteiger partial charge >= 0.3 is 0 Å². The van der Waals surface area contributed by atoms with E-state index in [0.717, 1.165) is 41.4 Å². The summed E-state index contributed by atoms with van der Waals surface area (Å²) in [7, 11) is 3.18. The molecule has 0 saturated carbocycles. The molecule has 0 aliphatic carbocycles. The summed E-state index contributed by atoms with van der Waals surface area (Å²) in [6.45, 7) is 3.87. The van der Waals surface area contributed by atoms with E-state index < -0.39 is 0 Å². The molecule has 3 aromatic rings. The molecule has 1 aliphatic heterocycles. The van der Waals surface area contributed by atoms with Gasteiger partial charge in [0.1, 0.15) is 0 Å². The van der Waals surface area contributed by atoms with E-state index >= 15 is 0 Å². The number of carbonyl (C=O) groups is 2. The van der Waals surface area contributed by atoms with Gasteiger partial charge in [-0.05, 0) is 42.5 Å². The van der Waals surface area contributed by atoms with Gasteiger partial charge in [0.05, 0.1) is 31.7 Å². The molecule has 1 aliphatic rings. The van der Waals surface area contributed by atoms with Crippen molar-refractivity contribution in [2.75, 3.05) is 69.1 Å². The molecule has 0 radical (unpaired) electrons. The van der Waals surface area contributed by atoms with E-state index in [2.05, 4.69) is 37.6 Å². The Morgan fingerprint density at radius 2 is 1.50 bits per heavy atom. The first-order valence-corrected chi connectivity index (χ1v) is 12.7. The Kier molecular flexibility index (Phi) is 9.60. The van der Waals surface area contributed by atoms with E-state index in [1.807, 2.05) is 47.4 Å². The van der Waals surface area contributed by atoms with Crippen LogP contribution in [0.2, 0.25) is 0 Å². The zero-order valence-electron chi connectivity index (χ0n) is 21.9. The lowest BCUT2D eigenvalue weighted by Gasteiger charge is -2.36.